The smallest absolute Gasteiger partial charge is 0.239 e. The molecule has 0 saturated carbocycles. The van der Waals surface area contributed by atoms with Crippen molar-refractivity contribution in [1.82, 2.24) is 10.2 Å². The van der Waals surface area contributed by atoms with Gasteiger partial charge in [0.25, 0.3) is 0 Å². The van der Waals surface area contributed by atoms with E-state index in [4.69, 9.17) is 4.74 Å². The van der Waals surface area contributed by atoms with E-state index in [2.05, 4.69) is 5.32 Å². The van der Waals surface area contributed by atoms with Crippen LogP contribution in [0.25, 0.3) is 0 Å². The zero-order valence-electron chi connectivity index (χ0n) is 11.7. The topological polar surface area (TPSA) is 58.6 Å². The molecule has 0 atom stereocenters. The summed E-state index contributed by atoms with van der Waals surface area (Å²) in [5.74, 6) is 0.802. The number of hydrogen-bond acceptors (Lipinski definition) is 3. The molecule has 1 fully saturated rings. The van der Waals surface area contributed by atoms with Crippen LogP contribution in [-0.2, 0) is 16.0 Å². The lowest BCUT2D eigenvalue weighted by Gasteiger charge is -2.15. The molecule has 1 aromatic carbocycles. The molecule has 1 heterocycles. The van der Waals surface area contributed by atoms with Crippen molar-refractivity contribution in [2.45, 2.75) is 19.3 Å². The predicted octanol–water partition coefficient (Wildman–Crippen LogP) is 0.976. The van der Waals surface area contributed by atoms with Gasteiger partial charge in [-0.1, -0.05) is 18.2 Å². The number of carbonyl (C=O) groups excluding carboxylic acids is 2. The van der Waals surface area contributed by atoms with Crippen LogP contribution >= 0.6 is 0 Å². The van der Waals surface area contributed by atoms with Crippen LogP contribution in [0.5, 0.6) is 5.75 Å². The molecule has 20 heavy (non-hydrogen) atoms. The van der Waals surface area contributed by atoms with Crippen molar-refractivity contribution in [3.63, 3.8) is 0 Å². The van der Waals surface area contributed by atoms with Crippen LogP contribution in [0.4, 0.5) is 0 Å². The van der Waals surface area contributed by atoms with Crippen molar-refractivity contribution in [3.8, 4) is 5.75 Å². The van der Waals surface area contributed by atoms with Gasteiger partial charge in [-0.15, -0.1) is 0 Å². The number of rotatable bonds is 6. The molecule has 1 aliphatic heterocycles. The van der Waals surface area contributed by atoms with E-state index < -0.39 is 0 Å². The highest BCUT2D eigenvalue weighted by Gasteiger charge is 2.21. The maximum absolute atomic E-state index is 11.8. The third kappa shape index (κ3) is 3.73. The molecule has 1 aromatic rings. The summed E-state index contributed by atoms with van der Waals surface area (Å²) in [6, 6.07) is 7.75. The Bertz CT molecular complexity index is 488. The standard InChI is InChI=1S/C15H20N2O3/c1-20-13-6-3-2-5-12(13)8-9-16-14(18)11-17-10-4-7-15(17)19/h2-3,5-6H,4,7-11H2,1H3,(H,16,18). The first-order chi connectivity index (χ1) is 9.70. The second kappa shape index (κ2) is 6.93. The summed E-state index contributed by atoms with van der Waals surface area (Å²) in [5, 5.41) is 2.84. The Hall–Kier alpha value is -2.04. The second-order valence-electron chi connectivity index (χ2n) is 4.83. The van der Waals surface area contributed by atoms with Gasteiger partial charge < -0.3 is 15.0 Å². The van der Waals surface area contributed by atoms with E-state index in [1.165, 1.54) is 0 Å². The number of para-hydroxylation sites is 1. The highest BCUT2D eigenvalue weighted by molar-refractivity contribution is 5.85. The van der Waals surface area contributed by atoms with Crippen LogP contribution in [-0.4, -0.2) is 43.5 Å². The van der Waals surface area contributed by atoms with Crippen LogP contribution in [0.1, 0.15) is 18.4 Å². The third-order valence-corrected chi connectivity index (χ3v) is 3.41. The van der Waals surface area contributed by atoms with Crippen LogP contribution in [0, 0.1) is 0 Å². The van der Waals surface area contributed by atoms with E-state index in [-0.39, 0.29) is 18.4 Å². The molecular weight excluding hydrogens is 256 g/mol. The van der Waals surface area contributed by atoms with Gasteiger partial charge in [0, 0.05) is 19.5 Å². The van der Waals surface area contributed by atoms with Gasteiger partial charge in [-0.05, 0) is 24.5 Å². The summed E-state index contributed by atoms with van der Waals surface area (Å²) >= 11 is 0. The fourth-order valence-electron chi connectivity index (χ4n) is 2.35. The van der Waals surface area contributed by atoms with Gasteiger partial charge >= 0.3 is 0 Å². The van der Waals surface area contributed by atoms with E-state index >= 15 is 0 Å². The SMILES string of the molecule is COc1ccccc1CCNC(=O)CN1CCCC1=O. The lowest BCUT2D eigenvalue weighted by atomic mass is 10.1. The highest BCUT2D eigenvalue weighted by atomic mass is 16.5. The van der Waals surface area contributed by atoms with Gasteiger partial charge in [-0.25, -0.2) is 0 Å². The summed E-state index contributed by atoms with van der Waals surface area (Å²) in [6.07, 6.45) is 2.13. The predicted molar refractivity (Wildman–Crippen MR) is 75.5 cm³/mol. The number of methoxy groups -OCH3 is 1. The number of nitrogens with one attached hydrogen (secondary N) is 1. The molecule has 0 unspecified atom stereocenters. The molecule has 1 saturated heterocycles. The Morgan fingerprint density at radius 2 is 2.20 bits per heavy atom. The number of ether oxygens (including phenoxy) is 1. The minimum atomic E-state index is -0.102. The second-order valence-corrected chi connectivity index (χ2v) is 4.83. The van der Waals surface area contributed by atoms with Crippen molar-refractivity contribution >= 4 is 11.8 Å². The first-order valence-corrected chi connectivity index (χ1v) is 6.87. The zero-order valence-corrected chi connectivity index (χ0v) is 11.7. The molecule has 0 radical (unpaired) electrons. The quantitative estimate of drug-likeness (QED) is 0.842. The number of hydrogen-bond donors (Lipinski definition) is 1. The maximum Gasteiger partial charge on any atom is 0.239 e. The molecule has 5 heteroatoms. The number of amides is 2. The zero-order chi connectivity index (χ0) is 14.4. The summed E-state index contributed by atoms with van der Waals surface area (Å²) in [6.45, 7) is 1.41. The third-order valence-electron chi connectivity index (χ3n) is 3.41. The van der Waals surface area contributed by atoms with E-state index in [0.29, 0.717) is 25.9 Å². The van der Waals surface area contributed by atoms with Crippen molar-refractivity contribution in [1.29, 1.82) is 0 Å². The van der Waals surface area contributed by atoms with Crippen molar-refractivity contribution < 1.29 is 14.3 Å². The fourth-order valence-corrected chi connectivity index (χ4v) is 2.35. The number of nitrogens with zero attached hydrogens (tertiary/aromatic N) is 1. The monoisotopic (exact) mass is 276 g/mol. The molecular formula is C15H20N2O3. The van der Waals surface area contributed by atoms with Gasteiger partial charge in [0.1, 0.15) is 5.75 Å². The molecule has 2 amide bonds. The normalized spacial score (nSPS) is 14.4. The Kier molecular flexibility index (Phi) is 4.98. The summed E-state index contributed by atoms with van der Waals surface area (Å²) < 4.78 is 5.26. The van der Waals surface area contributed by atoms with Gasteiger partial charge in [0.05, 0.1) is 13.7 Å². The van der Waals surface area contributed by atoms with Gasteiger partial charge in [0.15, 0.2) is 0 Å². The average molecular weight is 276 g/mol. The number of carbonyl (C=O) groups is 2. The van der Waals surface area contributed by atoms with E-state index in [1.807, 2.05) is 24.3 Å². The van der Waals surface area contributed by atoms with Crippen LogP contribution < -0.4 is 10.1 Å². The molecule has 0 bridgehead atoms. The molecule has 5 nitrogen and oxygen atoms in total. The summed E-state index contributed by atoms with van der Waals surface area (Å²) in [5.41, 5.74) is 1.06. The molecule has 108 valence electrons. The maximum atomic E-state index is 11.8. The minimum absolute atomic E-state index is 0.0740. The lowest BCUT2D eigenvalue weighted by molar-refractivity contribution is -0.133. The lowest BCUT2D eigenvalue weighted by Crippen LogP contribution is -2.38. The van der Waals surface area contributed by atoms with Crippen molar-refractivity contribution in [2.75, 3.05) is 26.7 Å². The van der Waals surface area contributed by atoms with E-state index in [9.17, 15) is 9.59 Å². The van der Waals surface area contributed by atoms with Gasteiger partial charge in [-0.3, -0.25) is 9.59 Å². The molecule has 1 aliphatic rings. The van der Waals surface area contributed by atoms with Gasteiger partial charge in [-0.2, -0.15) is 0 Å². The highest BCUT2D eigenvalue weighted by Crippen LogP contribution is 2.17. The van der Waals surface area contributed by atoms with Crippen molar-refractivity contribution in [2.24, 2.45) is 0 Å². The Balaban J connectivity index is 1.75. The number of benzene rings is 1. The molecule has 2 rings (SSSR count). The van der Waals surface area contributed by atoms with Crippen LogP contribution in [0.3, 0.4) is 0 Å². The average Bonchev–Trinajstić information content (AvgIpc) is 2.85. The first kappa shape index (κ1) is 14.4. The summed E-state index contributed by atoms with van der Waals surface area (Å²) in [4.78, 5) is 24.8. The van der Waals surface area contributed by atoms with Crippen LogP contribution in [0.15, 0.2) is 24.3 Å². The minimum Gasteiger partial charge on any atom is -0.496 e. The molecule has 0 spiro atoms. The van der Waals surface area contributed by atoms with E-state index in [0.717, 1.165) is 17.7 Å². The van der Waals surface area contributed by atoms with E-state index in [1.54, 1.807) is 12.0 Å². The summed E-state index contributed by atoms with van der Waals surface area (Å²) in [7, 11) is 1.64. The number of likely N-dealkylation sites (tertiary alicyclic amines) is 1. The molecule has 0 aromatic heterocycles. The Labute approximate surface area is 118 Å². The fraction of sp³-hybridized carbons (Fsp3) is 0.467. The largest absolute Gasteiger partial charge is 0.496 e. The molecule has 0 aliphatic carbocycles. The molecule has 1 N–H and O–H groups in total. The van der Waals surface area contributed by atoms with Gasteiger partial charge in [0.2, 0.25) is 11.8 Å². The Morgan fingerprint density at radius 1 is 1.40 bits per heavy atom. The van der Waals surface area contributed by atoms with Crippen molar-refractivity contribution in [3.05, 3.63) is 29.8 Å². The first-order valence-electron chi connectivity index (χ1n) is 6.87. The Morgan fingerprint density at radius 3 is 2.90 bits per heavy atom. The van der Waals surface area contributed by atoms with Crippen LogP contribution in [0.2, 0.25) is 0 Å².